The minimum absolute atomic E-state index is 0.149. The number of fused-ring (bicyclic) bond motifs is 1. The molecule has 1 aliphatic rings. The van der Waals surface area contributed by atoms with Gasteiger partial charge in [-0.3, -0.25) is 9.78 Å². The van der Waals surface area contributed by atoms with E-state index in [0.29, 0.717) is 18.1 Å². The Balaban J connectivity index is 1.96. The van der Waals surface area contributed by atoms with Crippen LogP contribution in [0.25, 0.3) is 0 Å². The molecule has 6 heteroatoms. The molecule has 21 heavy (non-hydrogen) atoms. The molecule has 0 radical (unpaired) electrons. The van der Waals surface area contributed by atoms with Crippen molar-refractivity contribution in [1.29, 1.82) is 0 Å². The number of nitrogens with two attached hydrogens (primary N) is 1. The topological polar surface area (TPSA) is 84.1 Å². The summed E-state index contributed by atoms with van der Waals surface area (Å²) < 4.78 is 0. The number of anilines is 2. The number of carbonyl (C=O) groups is 1. The fourth-order valence-electron chi connectivity index (χ4n) is 2.61. The standard InChI is InChI=1S/C15H17N5O/c1-10-4-5-13-11(7-10)3-2-6-20(13)15(21)12-8-17-9-14(18-12)19-16/h4-5,7-9H,2-3,6,16H2,1H3,(H,18,19). The highest BCUT2D eigenvalue weighted by molar-refractivity contribution is 6.05. The Morgan fingerprint density at radius 2 is 2.24 bits per heavy atom. The number of hydrogen-bond acceptors (Lipinski definition) is 5. The average Bonchev–Trinajstić information content (AvgIpc) is 2.53. The first kappa shape index (κ1) is 13.5. The Morgan fingerprint density at radius 1 is 1.38 bits per heavy atom. The minimum Gasteiger partial charge on any atom is -0.307 e. The van der Waals surface area contributed by atoms with Crippen molar-refractivity contribution in [3.63, 3.8) is 0 Å². The number of carbonyl (C=O) groups excluding carboxylic acids is 1. The molecular weight excluding hydrogens is 266 g/mol. The van der Waals surface area contributed by atoms with E-state index in [4.69, 9.17) is 5.84 Å². The first-order valence-corrected chi connectivity index (χ1v) is 6.89. The van der Waals surface area contributed by atoms with Crippen LogP contribution in [0, 0.1) is 6.92 Å². The van der Waals surface area contributed by atoms with Crippen LogP contribution in [-0.4, -0.2) is 22.4 Å². The number of benzene rings is 1. The number of nitrogens with one attached hydrogen (secondary N) is 1. The van der Waals surface area contributed by atoms with Gasteiger partial charge in [0.05, 0.1) is 12.4 Å². The first-order valence-electron chi connectivity index (χ1n) is 6.89. The molecule has 2 heterocycles. The van der Waals surface area contributed by atoms with E-state index in [1.165, 1.54) is 23.5 Å². The summed E-state index contributed by atoms with van der Waals surface area (Å²) in [7, 11) is 0. The van der Waals surface area contributed by atoms with Crippen molar-refractivity contribution in [3.8, 4) is 0 Å². The summed E-state index contributed by atoms with van der Waals surface area (Å²) in [5.74, 6) is 5.54. The Kier molecular flexibility index (Phi) is 3.53. The van der Waals surface area contributed by atoms with Gasteiger partial charge in [0.15, 0.2) is 5.82 Å². The molecule has 3 rings (SSSR count). The van der Waals surface area contributed by atoms with Gasteiger partial charge >= 0.3 is 0 Å². The molecule has 0 atom stereocenters. The smallest absolute Gasteiger partial charge is 0.278 e. The summed E-state index contributed by atoms with van der Waals surface area (Å²) in [6, 6.07) is 6.16. The SMILES string of the molecule is Cc1ccc2c(c1)CCCN2C(=O)c1cncc(NN)n1. The lowest BCUT2D eigenvalue weighted by atomic mass is 9.99. The highest BCUT2D eigenvalue weighted by Gasteiger charge is 2.24. The van der Waals surface area contributed by atoms with Crippen molar-refractivity contribution in [2.75, 3.05) is 16.9 Å². The van der Waals surface area contributed by atoms with Gasteiger partial charge in [0, 0.05) is 12.2 Å². The largest absolute Gasteiger partial charge is 0.307 e. The maximum Gasteiger partial charge on any atom is 0.278 e. The van der Waals surface area contributed by atoms with Crippen molar-refractivity contribution in [1.82, 2.24) is 9.97 Å². The molecule has 6 nitrogen and oxygen atoms in total. The molecule has 1 aliphatic heterocycles. The normalized spacial score (nSPS) is 13.7. The van der Waals surface area contributed by atoms with Crippen LogP contribution in [0.4, 0.5) is 11.5 Å². The predicted molar refractivity (Wildman–Crippen MR) is 81.0 cm³/mol. The maximum absolute atomic E-state index is 12.7. The second-order valence-corrected chi connectivity index (χ2v) is 5.13. The molecule has 0 fully saturated rings. The van der Waals surface area contributed by atoms with E-state index < -0.39 is 0 Å². The number of amides is 1. The summed E-state index contributed by atoms with van der Waals surface area (Å²) in [6.45, 7) is 2.75. The van der Waals surface area contributed by atoms with E-state index in [9.17, 15) is 4.79 Å². The predicted octanol–water partition coefficient (Wildman–Crippen LogP) is 1.66. The molecule has 0 aliphatic carbocycles. The zero-order valence-electron chi connectivity index (χ0n) is 11.8. The van der Waals surface area contributed by atoms with Gasteiger partial charge in [0.1, 0.15) is 5.69 Å². The summed E-state index contributed by atoms with van der Waals surface area (Å²) in [4.78, 5) is 22.6. The highest BCUT2D eigenvalue weighted by Crippen LogP contribution is 2.29. The molecule has 0 unspecified atom stereocenters. The number of hydrazine groups is 1. The van der Waals surface area contributed by atoms with Crippen molar-refractivity contribution in [2.24, 2.45) is 5.84 Å². The van der Waals surface area contributed by atoms with E-state index >= 15 is 0 Å². The third-order valence-corrected chi connectivity index (χ3v) is 3.60. The van der Waals surface area contributed by atoms with Crippen LogP contribution in [0.5, 0.6) is 0 Å². The highest BCUT2D eigenvalue weighted by atomic mass is 16.2. The second-order valence-electron chi connectivity index (χ2n) is 5.13. The molecule has 0 saturated carbocycles. The molecule has 1 aromatic carbocycles. The minimum atomic E-state index is -0.149. The summed E-state index contributed by atoms with van der Waals surface area (Å²) in [5.41, 5.74) is 6.07. The molecule has 3 N–H and O–H groups in total. The zero-order chi connectivity index (χ0) is 14.8. The van der Waals surface area contributed by atoms with Crippen LogP contribution in [0.2, 0.25) is 0 Å². The van der Waals surface area contributed by atoms with Crippen LogP contribution in [0.3, 0.4) is 0 Å². The van der Waals surface area contributed by atoms with E-state index in [1.54, 1.807) is 4.90 Å². The molecule has 1 amide bonds. The fourth-order valence-corrected chi connectivity index (χ4v) is 2.61. The third-order valence-electron chi connectivity index (χ3n) is 3.60. The summed E-state index contributed by atoms with van der Waals surface area (Å²) in [6.07, 6.45) is 4.89. The van der Waals surface area contributed by atoms with Crippen LogP contribution in [0.1, 0.15) is 28.0 Å². The number of nitrogen functional groups attached to an aromatic ring is 1. The monoisotopic (exact) mass is 283 g/mol. The van der Waals surface area contributed by atoms with Crippen LogP contribution >= 0.6 is 0 Å². The lowest BCUT2D eigenvalue weighted by Gasteiger charge is -2.29. The number of aromatic nitrogens is 2. The van der Waals surface area contributed by atoms with Crippen LogP contribution < -0.4 is 16.2 Å². The number of aryl methyl sites for hydroxylation is 2. The third kappa shape index (κ3) is 2.57. The zero-order valence-corrected chi connectivity index (χ0v) is 11.8. The molecule has 2 aromatic rings. The van der Waals surface area contributed by atoms with Crippen LogP contribution in [-0.2, 0) is 6.42 Å². The van der Waals surface area contributed by atoms with Gasteiger partial charge in [0.2, 0.25) is 0 Å². The lowest BCUT2D eigenvalue weighted by Crippen LogP contribution is -2.36. The Bertz CT molecular complexity index is 686. The fraction of sp³-hybridized carbons (Fsp3) is 0.267. The molecule has 108 valence electrons. The maximum atomic E-state index is 12.7. The number of rotatable bonds is 2. The van der Waals surface area contributed by atoms with Gasteiger partial charge < -0.3 is 10.3 Å². The van der Waals surface area contributed by atoms with Gasteiger partial charge in [-0.25, -0.2) is 10.8 Å². The van der Waals surface area contributed by atoms with Crippen LogP contribution in [0.15, 0.2) is 30.6 Å². The van der Waals surface area contributed by atoms with Crippen molar-refractivity contribution >= 4 is 17.4 Å². The molecule has 0 spiro atoms. The van der Waals surface area contributed by atoms with Crippen molar-refractivity contribution < 1.29 is 4.79 Å². The summed E-state index contributed by atoms with van der Waals surface area (Å²) in [5, 5.41) is 0. The first-order chi connectivity index (χ1) is 10.2. The van der Waals surface area contributed by atoms with Crippen molar-refractivity contribution in [2.45, 2.75) is 19.8 Å². The lowest BCUT2D eigenvalue weighted by molar-refractivity contribution is 0.0980. The number of nitrogens with zero attached hydrogens (tertiary/aromatic N) is 3. The summed E-state index contributed by atoms with van der Waals surface area (Å²) >= 11 is 0. The quantitative estimate of drug-likeness (QED) is 0.647. The average molecular weight is 283 g/mol. The van der Waals surface area contributed by atoms with E-state index in [1.807, 2.05) is 12.1 Å². The molecule has 0 saturated heterocycles. The molecule has 1 aromatic heterocycles. The Morgan fingerprint density at radius 3 is 3.05 bits per heavy atom. The van der Waals surface area contributed by atoms with Gasteiger partial charge in [-0.1, -0.05) is 17.7 Å². The Hall–Kier alpha value is -2.47. The number of hydrogen-bond donors (Lipinski definition) is 2. The van der Waals surface area contributed by atoms with E-state index in [-0.39, 0.29) is 5.91 Å². The van der Waals surface area contributed by atoms with Gasteiger partial charge in [-0.2, -0.15) is 0 Å². The molecule has 0 bridgehead atoms. The van der Waals surface area contributed by atoms with E-state index in [0.717, 1.165) is 18.5 Å². The van der Waals surface area contributed by atoms with E-state index in [2.05, 4.69) is 28.4 Å². The van der Waals surface area contributed by atoms with Gasteiger partial charge in [-0.15, -0.1) is 0 Å². The van der Waals surface area contributed by atoms with Gasteiger partial charge in [0.25, 0.3) is 5.91 Å². The molecular formula is C15H17N5O. The Labute approximate surface area is 123 Å². The van der Waals surface area contributed by atoms with Gasteiger partial charge in [-0.05, 0) is 31.4 Å². The second kappa shape index (κ2) is 5.49. The van der Waals surface area contributed by atoms with Crippen molar-refractivity contribution in [3.05, 3.63) is 47.4 Å².